The predicted molar refractivity (Wildman–Crippen MR) is 126 cm³/mol. The molecule has 0 aliphatic heterocycles. The number of benzene rings is 1. The van der Waals surface area contributed by atoms with Crippen molar-refractivity contribution in [3.63, 3.8) is 0 Å². The highest BCUT2D eigenvalue weighted by Gasteiger charge is 2.28. The predicted octanol–water partition coefficient (Wildman–Crippen LogP) is 3.88. The summed E-state index contributed by atoms with van der Waals surface area (Å²) in [6.45, 7) is 4.63. The van der Waals surface area contributed by atoms with E-state index in [1.807, 2.05) is 0 Å². The number of hydrogen-bond acceptors (Lipinski definition) is 9. The minimum absolute atomic E-state index is 0.0803. The molecule has 0 fully saturated rings. The van der Waals surface area contributed by atoms with E-state index in [9.17, 15) is 31.5 Å². The monoisotopic (exact) mass is 574 g/mol. The average molecular weight is 575 g/mol. The second-order valence-electron chi connectivity index (χ2n) is 7.86. The maximum atomic E-state index is 13.5. The van der Waals surface area contributed by atoms with Crippen molar-refractivity contribution in [3.8, 4) is 5.75 Å². The van der Waals surface area contributed by atoms with Crippen molar-refractivity contribution in [2.45, 2.75) is 39.0 Å². The zero-order valence-electron chi connectivity index (χ0n) is 21.9. The fourth-order valence-electron chi connectivity index (χ4n) is 2.78. The molecule has 1 aromatic rings. The Morgan fingerprint density at radius 3 is 1.38 bits per heavy atom. The largest absolute Gasteiger partial charge is 0.463 e. The lowest BCUT2D eigenvalue weighted by Gasteiger charge is -2.09. The summed E-state index contributed by atoms with van der Waals surface area (Å²) in [7, 11) is 0. The van der Waals surface area contributed by atoms with Gasteiger partial charge in [0.15, 0.2) is 0 Å². The fraction of sp³-hybridized carbons (Fsp3) is 0.680. The standard InChI is InChI=1S/C25H35F5O9/c1-2-3-4-5-18(31)38-17-16-37-15-14-36-13-12-35-11-10-34-9-8-33-7-6-19(32)39-25-23(29)21(27)20(26)22(28)24(25)30/h2-17H2,1H3. The first-order valence-electron chi connectivity index (χ1n) is 12.6. The molecule has 0 amide bonds. The number of rotatable bonds is 23. The van der Waals surface area contributed by atoms with E-state index in [1.165, 1.54) is 0 Å². The topological polar surface area (TPSA) is 98.8 Å². The molecule has 0 spiro atoms. The number of esters is 2. The maximum absolute atomic E-state index is 13.5. The van der Waals surface area contributed by atoms with Crippen molar-refractivity contribution in [1.29, 1.82) is 0 Å². The number of hydrogen-bond donors (Lipinski definition) is 0. The number of ether oxygens (including phenoxy) is 7. The molecule has 0 aliphatic carbocycles. The minimum Gasteiger partial charge on any atom is -0.463 e. The summed E-state index contributed by atoms with van der Waals surface area (Å²) in [5.41, 5.74) is 0. The second kappa shape index (κ2) is 21.4. The Hall–Kier alpha value is -2.39. The van der Waals surface area contributed by atoms with Gasteiger partial charge in [-0.15, -0.1) is 0 Å². The summed E-state index contributed by atoms with van der Waals surface area (Å²) in [6, 6.07) is 0. The van der Waals surface area contributed by atoms with E-state index in [1.54, 1.807) is 0 Å². The quantitative estimate of drug-likeness (QED) is 0.0482. The van der Waals surface area contributed by atoms with Gasteiger partial charge in [-0.25, -0.2) is 13.2 Å². The first kappa shape index (κ1) is 34.6. The molecule has 0 heterocycles. The Kier molecular flexibility index (Phi) is 19.0. The second-order valence-corrected chi connectivity index (χ2v) is 7.86. The van der Waals surface area contributed by atoms with Gasteiger partial charge >= 0.3 is 11.9 Å². The summed E-state index contributed by atoms with van der Waals surface area (Å²) in [5.74, 6) is -14.4. The number of carbonyl (C=O) groups is 2. The van der Waals surface area contributed by atoms with Crippen LogP contribution in [0.15, 0.2) is 0 Å². The lowest BCUT2D eigenvalue weighted by molar-refractivity contribution is -0.145. The van der Waals surface area contributed by atoms with Crippen LogP contribution in [0.4, 0.5) is 22.0 Å². The van der Waals surface area contributed by atoms with Crippen LogP contribution in [0, 0.1) is 29.1 Å². The molecule has 0 unspecified atom stereocenters. The first-order chi connectivity index (χ1) is 18.8. The number of halogens is 5. The molecule has 39 heavy (non-hydrogen) atoms. The highest BCUT2D eigenvalue weighted by molar-refractivity contribution is 5.72. The highest BCUT2D eigenvalue weighted by Crippen LogP contribution is 2.29. The Morgan fingerprint density at radius 1 is 0.513 bits per heavy atom. The molecule has 0 aromatic heterocycles. The van der Waals surface area contributed by atoms with Crippen molar-refractivity contribution < 1.29 is 64.7 Å². The zero-order valence-corrected chi connectivity index (χ0v) is 21.9. The Labute approximate surface area is 223 Å². The van der Waals surface area contributed by atoms with E-state index in [4.69, 9.17) is 28.4 Å². The van der Waals surface area contributed by atoms with E-state index in [0.29, 0.717) is 46.1 Å². The summed E-state index contributed by atoms with van der Waals surface area (Å²) in [5, 5.41) is 0. The van der Waals surface area contributed by atoms with E-state index >= 15 is 0 Å². The van der Waals surface area contributed by atoms with Crippen LogP contribution in [0.3, 0.4) is 0 Å². The summed E-state index contributed by atoms with van der Waals surface area (Å²) in [6.07, 6.45) is 2.83. The molecule has 0 atom stereocenters. The molecule has 0 saturated carbocycles. The first-order valence-corrected chi connectivity index (χ1v) is 12.6. The van der Waals surface area contributed by atoms with E-state index in [2.05, 4.69) is 11.7 Å². The normalized spacial score (nSPS) is 11.1. The van der Waals surface area contributed by atoms with E-state index in [-0.39, 0.29) is 39.0 Å². The van der Waals surface area contributed by atoms with Crippen molar-refractivity contribution in [3.05, 3.63) is 29.1 Å². The highest BCUT2D eigenvalue weighted by atomic mass is 19.2. The van der Waals surface area contributed by atoms with Gasteiger partial charge in [-0.1, -0.05) is 19.8 Å². The zero-order chi connectivity index (χ0) is 28.9. The molecular weight excluding hydrogens is 539 g/mol. The molecular formula is C25H35F5O9. The van der Waals surface area contributed by atoms with Crippen molar-refractivity contribution >= 4 is 11.9 Å². The molecule has 0 N–H and O–H groups in total. The molecule has 0 saturated heterocycles. The van der Waals surface area contributed by atoms with Crippen LogP contribution in [-0.4, -0.2) is 84.6 Å². The minimum atomic E-state index is -2.35. The fourth-order valence-corrected chi connectivity index (χ4v) is 2.78. The van der Waals surface area contributed by atoms with Gasteiger partial charge in [-0.3, -0.25) is 9.59 Å². The van der Waals surface area contributed by atoms with Crippen LogP contribution >= 0.6 is 0 Å². The third-order valence-electron chi connectivity index (χ3n) is 4.80. The van der Waals surface area contributed by atoms with Gasteiger partial charge in [0, 0.05) is 6.42 Å². The van der Waals surface area contributed by atoms with Gasteiger partial charge in [0.25, 0.3) is 0 Å². The van der Waals surface area contributed by atoms with E-state index < -0.39 is 47.2 Å². The lowest BCUT2D eigenvalue weighted by atomic mass is 10.2. The summed E-state index contributed by atoms with van der Waals surface area (Å²) >= 11 is 0. The van der Waals surface area contributed by atoms with Crippen molar-refractivity contribution in [2.75, 3.05) is 72.7 Å². The van der Waals surface area contributed by atoms with Gasteiger partial charge in [0.1, 0.15) is 6.61 Å². The van der Waals surface area contributed by atoms with Crippen LogP contribution in [0.5, 0.6) is 5.75 Å². The Balaban J connectivity index is 1.89. The Morgan fingerprint density at radius 2 is 0.923 bits per heavy atom. The molecule has 0 bridgehead atoms. The van der Waals surface area contributed by atoms with Crippen LogP contribution in [0.25, 0.3) is 0 Å². The molecule has 0 radical (unpaired) electrons. The summed E-state index contributed by atoms with van der Waals surface area (Å²) < 4.78 is 102. The maximum Gasteiger partial charge on any atom is 0.313 e. The Bertz CT molecular complexity index is 829. The van der Waals surface area contributed by atoms with E-state index in [0.717, 1.165) is 19.3 Å². The van der Waals surface area contributed by atoms with Gasteiger partial charge in [0.05, 0.1) is 72.5 Å². The van der Waals surface area contributed by atoms with Crippen LogP contribution in [0.2, 0.25) is 0 Å². The lowest BCUT2D eigenvalue weighted by Crippen LogP contribution is -2.16. The van der Waals surface area contributed by atoms with Crippen LogP contribution in [-0.2, 0) is 38.0 Å². The molecule has 0 aliphatic rings. The van der Waals surface area contributed by atoms with Gasteiger partial charge in [-0.2, -0.15) is 8.78 Å². The average Bonchev–Trinajstić information content (AvgIpc) is 2.92. The number of unbranched alkanes of at least 4 members (excludes halogenated alkanes) is 2. The van der Waals surface area contributed by atoms with Crippen molar-refractivity contribution in [1.82, 2.24) is 0 Å². The molecule has 9 nitrogen and oxygen atoms in total. The van der Waals surface area contributed by atoms with Crippen molar-refractivity contribution in [2.24, 2.45) is 0 Å². The molecule has 1 rings (SSSR count). The third kappa shape index (κ3) is 15.1. The molecule has 224 valence electrons. The van der Waals surface area contributed by atoms with Gasteiger partial charge in [-0.05, 0) is 6.42 Å². The molecule has 14 heteroatoms. The van der Waals surface area contributed by atoms with Crippen LogP contribution in [0.1, 0.15) is 39.0 Å². The van der Waals surface area contributed by atoms with Crippen LogP contribution < -0.4 is 4.74 Å². The SMILES string of the molecule is CCCCCC(=O)OCCOCCOCCOCCOCCOCCC(=O)Oc1c(F)c(F)c(F)c(F)c1F. The summed E-state index contributed by atoms with van der Waals surface area (Å²) in [4.78, 5) is 23.0. The van der Waals surface area contributed by atoms with Gasteiger partial charge in [0.2, 0.25) is 34.8 Å². The number of carbonyl (C=O) groups excluding carboxylic acids is 2. The van der Waals surface area contributed by atoms with Gasteiger partial charge < -0.3 is 33.2 Å². The smallest absolute Gasteiger partial charge is 0.313 e. The molecule has 1 aromatic carbocycles. The third-order valence-corrected chi connectivity index (χ3v) is 4.80.